The Bertz CT molecular complexity index is 998. The molecule has 2 atom stereocenters. The molecule has 28 heavy (non-hydrogen) atoms. The molecule has 1 spiro atoms. The molecule has 2 amide bonds. The molecule has 7 heteroatoms. The number of rotatable bonds is 2. The van der Waals surface area contributed by atoms with E-state index < -0.39 is 23.5 Å². The van der Waals surface area contributed by atoms with Gasteiger partial charge in [-0.15, -0.1) is 0 Å². The van der Waals surface area contributed by atoms with E-state index in [1.807, 2.05) is 24.3 Å². The maximum Gasteiger partial charge on any atom is 0.397 e. The number of likely N-dealkylation sites (tertiary alicyclic amines) is 1. The average molecular weight is 375 g/mol. The van der Waals surface area contributed by atoms with Crippen LogP contribution in [0.4, 0.5) is 5.69 Å². The summed E-state index contributed by atoms with van der Waals surface area (Å²) in [6.07, 6.45) is -0.745. The van der Waals surface area contributed by atoms with Crippen LogP contribution in [0.25, 0.3) is 4.85 Å². The van der Waals surface area contributed by atoms with Gasteiger partial charge in [0.1, 0.15) is 12.0 Å². The predicted octanol–water partition coefficient (Wildman–Crippen LogP) is 2.10. The monoisotopic (exact) mass is 375 g/mol. The maximum absolute atomic E-state index is 12.7. The number of carbonyl (C=O) groups excluding carboxylic acids is 3. The fourth-order valence-corrected chi connectivity index (χ4v) is 3.84. The highest BCUT2D eigenvalue weighted by Gasteiger charge is 2.59. The summed E-state index contributed by atoms with van der Waals surface area (Å²) in [5.41, 5.74) is 1.17. The number of para-hydroxylation sites is 1. The highest BCUT2D eigenvalue weighted by molar-refractivity contribution is 6.32. The molecule has 0 radical (unpaired) electrons. The van der Waals surface area contributed by atoms with Gasteiger partial charge in [0, 0.05) is 12.2 Å². The lowest BCUT2D eigenvalue weighted by Crippen LogP contribution is -2.43. The number of fused-ring (bicyclic) bond motifs is 2. The van der Waals surface area contributed by atoms with Gasteiger partial charge in [0.25, 0.3) is 0 Å². The molecule has 2 aliphatic heterocycles. The molecule has 0 aliphatic carbocycles. The first-order valence-corrected chi connectivity index (χ1v) is 8.84. The number of esters is 1. The highest BCUT2D eigenvalue weighted by atomic mass is 16.5. The molecule has 2 heterocycles. The van der Waals surface area contributed by atoms with Gasteiger partial charge in [0.15, 0.2) is 0 Å². The molecule has 1 N–H and O–H groups in total. The first-order valence-electron chi connectivity index (χ1n) is 8.84. The summed E-state index contributed by atoms with van der Waals surface area (Å²) in [6, 6.07) is 16.2. The van der Waals surface area contributed by atoms with Crippen LogP contribution in [-0.2, 0) is 31.1 Å². The minimum atomic E-state index is -1.03. The van der Waals surface area contributed by atoms with E-state index in [0.717, 1.165) is 16.0 Å². The SMILES string of the molecule is [C-]#[N+][C@@H]1C[C@@]2(CN1C(=O)C(=O)OCc1ccccc1)C(=O)Nc1ccccc12. The number of benzene rings is 2. The van der Waals surface area contributed by atoms with Crippen molar-refractivity contribution in [2.75, 3.05) is 11.9 Å². The van der Waals surface area contributed by atoms with Crippen molar-refractivity contribution in [1.29, 1.82) is 0 Å². The molecule has 2 aliphatic rings. The van der Waals surface area contributed by atoms with E-state index in [-0.39, 0.29) is 25.5 Å². The fourth-order valence-electron chi connectivity index (χ4n) is 3.84. The van der Waals surface area contributed by atoms with Crippen molar-refractivity contribution in [3.63, 3.8) is 0 Å². The van der Waals surface area contributed by atoms with Crippen LogP contribution >= 0.6 is 0 Å². The Morgan fingerprint density at radius 2 is 1.89 bits per heavy atom. The number of ether oxygens (including phenoxy) is 1. The lowest BCUT2D eigenvalue weighted by molar-refractivity contribution is -0.161. The van der Waals surface area contributed by atoms with Crippen LogP contribution in [-0.4, -0.2) is 35.4 Å². The lowest BCUT2D eigenvalue weighted by Gasteiger charge is -2.20. The second-order valence-electron chi connectivity index (χ2n) is 6.89. The minimum absolute atomic E-state index is 0.0256. The molecule has 1 saturated heterocycles. The van der Waals surface area contributed by atoms with Crippen LogP contribution < -0.4 is 5.32 Å². The summed E-state index contributed by atoms with van der Waals surface area (Å²) in [4.78, 5) is 42.3. The Hall–Kier alpha value is -3.66. The van der Waals surface area contributed by atoms with Gasteiger partial charge in [-0.1, -0.05) is 48.5 Å². The van der Waals surface area contributed by atoms with E-state index in [9.17, 15) is 14.4 Å². The maximum atomic E-state index is 12.7. The summed E-state index contributed by atoms with van der Waals surface area (Å²) in [7, 11) is 0. The lowest BCUT2D eigenvalue weighted by atomic mass is 9.80. The minimum Gasteiger partial charge on any atom is -0.454 e. The van der Waals surface area contributed by atoms with Crippen LogP contribution in [0.3, 0.4) is 0 Å². The Balaban J connectivity index is 1.53. The number of carbonyl (C=O) groups is 3. The third-order valence-electron chi connectivity index (χ3n) is 5.25. The van der Waals surface area contributed by atoms with Crippen molar-refractivity contribution < 1.29 is 19.1 Å². The van der Waals surface area contributed by atoms with E-state index >= 15 is 0 Å². The van der Waals surface area contributed by atoms with Gasteiger partial charge in [-0.2, -0.15) is 0 Å². The summed E-state index contributed by atoms with van der Waals surface area (Å²) >= 11 is 0. The molecule has 0 aromatic heterocycles. The highest BCUT2D eigenvalue weighted by Crippen LogP contribution is 2.46. The topological polar surface area (TPSA) is 80.1 Å². The molecular formula is C21H17N3O4. The van der Waals surface area contributed by atoms with Gasteiger partial charge in [0.2, 0.25) is 5.91 Å². The summed E-state index contributed by atoms with van der Waals surface area (Å²) < 4.78 is 5.11. The van der Waals surface area contributed by atoms with E-state index in [0.29, 0.717) is 5.69 Å². The molecule has 1 fully saturated rings. The smallest absolute Gasteiger partial charge is 0.397 e. The molecule has 7 nitrogen and oxygen atoms in total. The molecule has 0 bridgehead atoms. The number of amides is 2. The zero-order chi connectivity index (χ0) is 19.7. The molecule has 0 unspecified atom stereocenters. The zero-order valence-electron chi connectivity index (χ0n) is 14.9. The largest absolute Gasteiger partial charge is 0.454 e. The Kier molecular flexibility index (Phi) is 4.32. The number of anilines is 1. The Morgan fingerprint density at radius 3 is 2.64 bits per heavy atom. The third kappa shape index (κ3) is 2.79. The van der Waals surface area contributed by atoms with Crippen LogP contribution in [0.1, 0.15) is 17.5 Å². The zero-order valence-corrected chi connectivity index (χ0v) is 14.9. The van der Waals surface area contributed by atoms with Crippen molar-refractivity contribution in [2.45, 2.75) is 24.6 Å². The van der Waals surface area contributed by atoms with Crippen molar-refractivity contribution >= 4 is 23.5 Å². The normalized spacial score (nSPS) is 22.5. The predicted molar refractivity (Wildman–Crippen MR) is 99.7 cm³/mol. The molecule has 2 aromatic rings. The first kappa shape index (κ1) is 17.7. The van der Waals surface area contributed by atoms with E-state index in [1.165, 1.54) is 0 Å². The Morgan fingerprint density at radius 1 is 1.18 bits per heavy atom. The quantitative estimate of drug-likeness (QED) is 0.495. The van der Waals surface area contributed by atoms with E-state index in [2.05, 4.69) is 10.2 Å². The van der Waals surface area contributed by atoms with Gasteiger partial charge in [-0.3, -0.25) is 19.3 Å². The number of hydrogen-bond acceptors (Lipinski definition) is 4. The first-order chi connectivity index (χ1) is 13.5. The van der Waals surface area contributed by atoms with Gasteiger partial charge >= 0.3 is 18.0 Å². The van der Waals surface area contributed by atoms with Crippen LogP contribution in [0.5, 0.6) is 0 Å². The van der Waals surface area contributed by atoms with E-state index in [4.69, 9.17) is 11.3 Å². The van der Waals surface area contributed by atoms with Crippen molar-refractivity contribution in [2.24, 2.45) is 0 Å². The second kappa shape index (κ2) is 6.82. The van der Waals surface area contributed by atoms with Crippen LogP contribution in [0, 0.1) is 6.57 Å². The standard InChI is InChI=1S/C21H17N3O4/c1-22-17-11-21(15-9-5-6-10-16(15)23-20(21)27)13-24(17)18(25)19(26)28-12-14-7-3-2-4-8-14/h2-10,17H,11-13H2,(H,23,27)/t17-,21-/m0/s1. The molecule has 0 saturated carbocycles. The van der Waals surface area contributed by atoms with Gasteiger partial charge in [-0.25, -0.2) is 11.4 Å². The second-order valence-corrected chi connectivity index (χ2v) is 6.89. The number of nitrogens with zero attached hydrogens (tertiary/aromatic N) is 2. The molecule has 140 valence electrons. The summed E-state index contributed by atoms with van der Waals surface area (Å²) in [5, 5.41) is 2.81. The number of nitrogens with one attached hydrogen (secondary N) is 1. The van der Waals surface area contributed by atoms with Gasteiger partial charge < -0.3 is 10.1 Å². The third-order valence-corrected chi connectivity index (χ3v) is 5.25. The van der Waals surface area contributed by atoms with Gasteiger partial charge in [-0.05, 0) is 17.2 Å². The molecular weight excluding hydrogens is 358 g/mol. The van der Waals surface area contributed by atoms with Crippen molar-refractivity contribution in [1.82, 2.24) is 4.90 Å². The van der Waals surface area contributed by atoms with Gasteiger partial charge in [0.05, 0.1) is 6.42 Å². The van der Waals surface area contributed by atoms with Crippen LogP contribution in [0.2, 0.25) is 0 Å². The van der Waals surface area contributed by atoms with Crippen LogP contribution in [0.15, 0.2) is 54.6 Å². The fraction of sp³-hybridized carbons (Fsp3) is 0.238. The van der Waals surface area contributed by atoms with Crippen molar-refractivity contribution in [3.8, 4) is 0 Å². The molecule has 2 aromatic carbocycles. The summed E-state index contributed by atoms with van der Waals surface area (Å²) in [6.45, 7) is 7.39. The average Bonchev–Trinajstić information content (AvgIpc) is 3.25. The molecule has 4 rings (SSSR count). The Labute approximate surface area is 161 Å². The van der Waals surface area contributed by atoms with Crippen molar-refractivity contribution in [3.05, 3.63) is 77.1 Å². The van der Waals surface area contributed by atoms with E-state index in [1.54, 1.807) is 30.3 Å². The number of hydrogen-bond donors (Lipinski definition) is 1. The summed E-state index contributed by atoms with van der Waals surface area (Å²) in [5.74, 6) is -2.18.